The van der Waals surface area contributed by atoms with Crippen LogP contribution in [0.25, 0.3) is 22.3 Å². The second-order valence-electron chi connectivity index (χ2n) is 7.89. The molecule has 4 heterocycles. The van der Waals surface area contributed by atoms with Crippen molar-refractivity contribution in [1.29, 1.82) is 0 Å². The summed E-state index contributed by atoms with van der Waals surface area (Å²) in [6, 6.07) is 14.2. The molecular formula is C22H25N5O. The van der Waals surface area contributed by atoms with Crippen LogP contribution in [0.1, 0.15) is 12.8 Å². The highest BCUT2D eigenvalue weighted by Crippen LogP contribution is 2.29. The lowest BCUT2D eigenvalue weighted by molar-refractivity contribution is 0.250. The Hall–Kier alpha value is -2.86. The van der Waals surface area contributed by atoms with Gasteiger partial charge in [-0.25, -0.2) is 4.98 Å². The SMILES string of the molecule is Cn1c(-c2cccc(N)c2)nc2ccc(N3CCN4CCC3CC4)cc2c1=O. The molecule has 0 saturated carbocycles. The number of anilines is 2. The Balaban J connectivity index is 1.60. The average Bonchev–Trinajstić information content (AvgIpc) is 3.04. The van der Waals surface area contributed by atoms with Gasteiger partial charge in [-0.1, -0.05) is 12.1 Å². The van der Waals surface area contributed by atoms with Crippen LogP contribution in [0.3, 0.4) is 0 Å². The van der Waals surface area contributed by atoms with Gasteiger partial charge in [-0.3, -0.25) is 9.36 Å². The number of nitrogens with zero attached hydrogens (tertiary/aromatic N) is 4. The van der Waals surface area contributed by atoms with E-state index in [1.165, 1.54) is 25.9 Å². The zero-order valence-electron chi connectivity index (χ0n) is 16.1. The normalized spacial score (nSPS) is 21.8. The predicted molar refractivity (Wildman–Crippen MR) is 114 cm³/mol. The zero-order chi connectivity index (χ0) is 19.3. The molecule has 28 heavy (non-hydrogen) atoms. The van der Waals surface area contributed by atoms with E-state index in [-0.39, 0.29) is 5.56 Å². The van der Waals surface area contributed by atoms with E-state index in [2.05, 4.69) is 15.9 Å². The molecule has 3 saturated heterocycles. The molecule has 0 radical (unpaired) electrons. The first-order chi connectivity index (χ1) is 13.6. The molecule has 1 aromatic heterocycles. The standard InChI is InChI=1S/C22H25N5O/c1-25-21(15-3-2-4-16(23)13-15)24-20-6-5-18(14-19(20)22(25)28)27-12-11-26-9-7-17(27)8-10-26/h2-6,13-14,17H,7-12,23H2,1H3. The molecule has 0 unspecified atom stereocenters. The van der Waals surface area contributed by atoms with E-state index in [1.807, 2.05) is 36.4 Å². The van der Waals surface area contributed by atoms with E-state index >= 15 is 0 Å². The van der Waals surface area contributed by atoms with Crippen LogP contribution in [-0.2, 0) is 7.05 Å². The summed E-state index contributed by atoms with van der Waals surface area (Å²) in [5.74, 6) is 0.638. The Morgan fingerprint density at radius 3 is 2.64 bits per heavy atom. The molecule has 0 spiro atoms. The second-order valence-corrected chi connectivity index (χ2v) is 7.89. The third-order valence-electron chi connectivity index (χ3n) is 6.19. The van der Waals surface area contributed by atoms with Crippen LogP contribution in [0.5, 0.6) is 0 Å². The highest BCUT2D eigenvalue weighted by molar-refractivity contribution is 5.83. The number of hydrogen-bond donors (Lipinski definition) is 1. The molecule has 2 aromatic carbocycles. The Bertz CT molecular complexity index is 1100. The number of hydrogen-bond acceptors (Lipinski definition) is 5. The number of aromatic nitrogens is 2. The highest BCUT2D eigenvalue weighted by atomic mass is 16.1. The van der Waals surface area contributed by atoms with Gasteiger partial charge in [-0.05, 0) is 43.2 Å². The first-order valence-corrected chi connectivity index (χ1v) is 9.96. The molecular weight excluding hydrogens is 350 g/mol. The van der Waals surface area contributed by atoms with Crippen molar-refractivity contribution < 1.29 is 0 Å². The number of rotatable bonds is 2. The lowest BCUT2D eigenvalue weighted by atomic mass is 10.0. The maximum Gasteiger partial charge on any atom is 0.261 e. The summed E-state index contributed by atoms with van der Waals surface area (Å²) in [5, 5.41) is 0.673. The number of benzene rings is 2. The lowest BCUT2D eigenvalue weighted by Crippen LogP contribution is -2.38. The molecule has 6 heteroatoms. The van der Waals surface area contributed by atoms with Gasteiger partial charge in [-0.2, -0.15) is 0 Å². The van der Waals surface area contributed by atoms with Crippen LogP contribution >= 0.6 is 0 Å². The van der Waals surface area contributed by atoms with Crippen molar-refractivity contribution in [2.75, 3.05) is 36.8 Å². The molecule has 3 aliphatic rings. The molecule has 3 aromatic rings. The highest BCUT2D eigenvalue weighted by Gasteiger charge is 2.29. The molecule has 3 fully saturated rings. The van der Waals surface area contributed by atoms with Crippen molar-refractivity contribution in [2.24, 2.45) is 7.05 Å². The first-order valence-electron chi connectivity index (χ1n) is 9.96. The summed E-state index contributed by atoms with van der Waals surface area (Å²) in [4.78, 5) is 22.9. The van der Waals surface area contributed by atoms with Gasteiger partial charge in [-0.15, -0.1) is 0 Å². The quantitative estimate of drug-likeness (QED) is 0.697. The largest absolute Gasteiger partial charge is 0.399 e. The fraction of sp³-hybridized carbons (Fsp3) is 0.364. The number of nitrogens with two attached hydrogens (primary N) is 1. The number of piperidine rings is 1. The van der Waals surface area contributed by atoms with Gasteiger partial charge in [0.15, 0.2) is 0 Å². The van der Waals surface area contributed by atoms with Gasteiger partial charge >= 0.3 is 0 Å². The number of fused-ring (bicyclic) bond motifs is 5. The van der Waals surface area contributed by atoms with Gasteiger partial charge in [0, 0.05) is 56.2 Å². The summed E-state index contributed by atoms with van der Waals surface area (Å²) in [7, 11) is 1.78. The predicted octanol–water partition coefficient (Wildman–Crippen LogP) is 2.47. The summed E-state index contributed by atoms with van der Waals surface area (Å²) in [5.41, 5.74) is 9.27. The summed E-state index contributed by atoms with van der Waals surface area (Å²) in [6.45, 7) is 4.48. The molecule has 0 aliphatic carbocycles. The lowest BCUT2D eigenvalue weighted by Gasteiger charge is -2.33. The van der Waals surface area contributed by atoms with Crippen LogP contribution in [0.4, 0.5) is 11.4 Å². The van der Waals surface area contributed by atoms with Crippen molar-refractivity contribution in [2.45, 2.75) is 18.9 Å². The van der Waals surface area contributed by atoms with Gasteiger partial charge in [0.1, 0.15) is 5.82 Å². The third-order valence-corrected chi connectivity index (χ3v) is 6.19. The van der Waals surface area contributed by atoms with Crippen LogP contribution in [0.2, 0.25) is 0 Å². The zero-order valence-corrected chi connectivity index (χ0v) is 16.1. The van der Waals surface area contributed by atoms with E-state index in [1.54, 1.807) is 11.6 Å². The van der Waals surface area contributed by atoms with E-state index in [9.17, 15) is 4.79 Å². The molecule has 2 N–H and O–H groups in total. The third kappa shape index (κ3) is 2.85. The van der Waals surface area contributed by atoms with E-state index in [0.717, 1.165) is 29.9 Å². The van der Waals surface area contributed by atoms with Crippen molar-refractivity contribution in [1.82, 2.24) is 14.5 Å². The average molecular weight is 375 g/mol. The molecule has 6 rings (SSSR count). The summed E-state index contributed by atoms with van der Waals surface area (Å²) < 4.78 is 1.63. The van der Waals surface area contributed by atoms with E-state index < -0.39 is 0 Å². The first kappa shape index (κ1) is 17.3. The molecule has 144 valence electrons. The second kappa shape index (κ2) is 6.63. The summed E-state index contributed by atoms with van der Waals surface area (Å²) in [6.07, 6.45) is 2.39. The Kier molecular flexibility index (Phi) is 4.09. The fourth-order valence-electron chi connectivity index (χ4n) is 4.60. The van der Waals surface area contributed by atoms with Crippen molar-refractivity contribution in [3.05, 3.63) is 52.8 Å². The fourth-order valence-corrected chi connectivity index (χ4v) is 4.60. The molecule has 0 amide bonds. The van der Waals surface area contributed by atoms with Crippen LogP contribution < -0.4 is 16.2 Å². The van der Waals surface area contributed by atoms with Gasteiger partial charge < -0.3 is 15.5 Å². The summed E-state index contributed by atoms with van der Waals surface area (Å²) >= 11 is 0. The minimum absolute atomic E-state index is 0.0212. The maximum absolute atomic E-state index is 13.1. The van der Waals surface area contributed by atoms with Crippen LogP contribution in [0, 0.1) is 0 Å². The van der Waals surface area contributed by atoms with Gasteiger partial charge in [0.05, 0.1) is 10.9 Å². The molecule has 2 bridgehead atoms. The van der Waals surface area contributed by atoms with Crippen LogP contribution in [-0.4, -0.2) is 46.7 Å². The van der Waals surface area contributed by atoms with Gasteiger partial charge in [0.2, 0.25) is 0 Å². The monoisotopic (exact) mass is 375 g/mol. The topological polar surface area (TPSA) is 67.4 Å². The smallest absolute Gasteiger partial charge is 0.261 e. The number of nitrogen functional groups attached to an aromatic ring is 1. The van der Waals surface area contributed by atoms with E-state index in [4.69, 9.17) is 10.7 Å². The Morgan fingerprint density at radius 2 is 1.86 bits per heavy atom. The Morgan fingerprint density at radius 1 is 1.04 bits per heavy atom. The minimum atomic E-state index is -0.0212. The minimum Gasteiger partial charge on any atom is -0.399 e. The molecule has 0 atom stereocenters. The Labute approximate surface area is 164 Å². The molecule has 3 aliphatic heterocycles. The van der Waals surface area contributed by atoms with Crippen LogP contribution in [0.15, 0.2) is 47.3 Å². The maximum atomic E-state index is 13.1. The van der Waals surface area contributed by atoms with Crippen molar-refractivity contribution in [3.63, 3.8) is 0 Å². The van der Waals surface area contributed by atoms with Crippen molar-refractivity contribution >= 4 is 22.3 Å². The van der Waals surface area contributed by atoms with Crippen molar-refractivity contribution in [3.8, 4) is 11.4 Å². The van der Waals surface area contributed by atoms with E-state index in [0.29, 0.717) is 22.9 Å². The van der Waals surface area contributed by atoms with Gasteiger partial charge in [0.25, 0.3) is 5.56 Å². The molecule has 6 nitrogen and oxygen atoms in total.